The molecule has 3 nitrogen and oxygen atoms in total. The summed E-state index contributed by atoms with van der Waals surface area (Å²) < 4.78 is 0. The molecule has 0 saturated carbocycles. The minimum Gasteiger partial charge on any atom is -0.396 e. The van der Waals surface area contributed by atoms with Gasteiger partial charge in [-0.25, -0.2) is 0 Å². The van der Waals surface area contributed by atoms with Gasteiger partial charge in [-0.15, -0.1) is 0 Å². The molecular formula is C15H22ClNO2. The number of amides is 1. The normalized spacial score (nSPS) is 15.6. The minimum absolute atomic E-state index is 0.00720. The van der Waals surface area contributed by atoms with E-state index in [0.29, 0.717) is 11.4 Å². The summed E-state index contributed by atoms with van der Waals surface area (Å²) in [4.78, 5) is 12.0. The van der Waals surface area contributed by atoms with Crippen LogP contribution in [0.25, 0.3) is 0 Å². The summed E-state index contributed by atoms with van der Waals surface area (Å²) in [5.74, 6) is -0.0538. The van der Waals surface area contributed by atoms with Crippen LogP contribution in [-0.4, -0.2) is 23.7 Å². The zero-order chi connectivity index (χ0) is 14.4. The Morgan fingerprint density at radius 2 is 2.05 bits per heavy atom. The molecule has 0 spiro atoms. The fourth-order valence-electron chi connectivity index (χ4n) is 1.78. The molecule has 0 radical (unpaired) electrons. The first-order chi connectivity index (χ1) is 8.93. The highest BCUT2D eigenvalue weighted by atomic mass is 35.5. The van der Waals surface area contributed by atoms with Crippen molar-refractivity contribution < 1.29 is 9.90 Å². The van der Waals surface area contributed by atoms with Gasteiger partial charge in [0.25, 0.3) is 0 Å². The van der Waals surface area contributed by atoms with Gasteiger partial charge in [0.1, 0.15) is 0 Å². The number of hydrogen-bond donors (Lipinski definition) is 2. The number of aliphatic hydroxyl groups excluding tert-OH is 1. The summed E-state index contributed by atoms with van der Waals surface area (Å²) in [7, 11) is 0. The summed E-state index contributed by atoms with van der Waals surface area (Å²) >= 11 is 5.92. The van der Waals surface area contributed by atoms with Crippen molar-refractivity contribution in [2.45, 2.75) is 33.2 Å². The lowest BCUT2D eigenvalue weighted by Crippen LogP contribution is -2.41. The lowest BCUT2D eigenvalue weighted by Gasteiger charge is -2.21. The van der Waals surface area contributed by atoms with Gasteiger partial charge in [-0.3, -0.25) is 4.79 Å². The van der Waals surface area contributed by atoms with Crippen LogP contribution in [0.5, 0.6) is 0 Å². The summed E-state index contributed by atoms with van der Waals surface area (Å²) in [5.41, 5.74) is 1.05. The fraction of sp³-hybridized carbons (Fsp3) is 0.533. The highest BCUT2D eigenvalue weighted by molar-refractivity contribution is 6.30. The van der Waals surface area contributed by atoms with Crippen molar-refractivity contribution in [1.82, 2.24) is 5.32 Å². The SMILES string of the molecule is CC(Cc1cccc(Cl)c1)C(=O)NC(C)C(C)CO. The van der Waals surface area contributed by atoms with E-state index in [1.165, 1.54) is 0 Å². The number of halogens is 1. The van der Waals surface area contributed by atoms with Crippen LogP contribution < -0.4 is 5.32 Å². The Morgan fingerprint density at radius 1 is 1.37 bits per heavy atom. The molecule has 0 fully saturated rings. The van der Waals surface area contributed by atoms with Gasteiger partial charge in [0.15, 0.2) is 0 Å². The topological polar surface area (TPSA) is 49.3 Å². The third kappa shape index (κ3) is 5.21. The van der Waals surface area contributed by atoms with Crippen LogP contribution in [0.2, 0.25) is 5.02 Å². The van der Waals surface area contributed by atoms with Crippen LogP contribution in [0.1, 0.15) is 26.3 Å². The van der Waals surface area contributed by atoms with Crippen LogP contribution in [0.3, 0.4) is 0 Å². The maximum Gasteiger partial charge on any atom is 0.223 e. The highest BCUT2D eigenvalue weighted by Crippen LogP contribution is 2.15. The quantitative estimate of drug-likeness (QED) is 0.843. The van der Waals surface area contributed by atoms with Crippen molar-refractivity contribution in [2.24, 2.45) is 11.8 Å². The van der Waals surface area contributed by atoms with E-state index in [0.717, 1.165) is 5.56 Å². The first-order valence-electron chi connectivity index (χ1n) is 6.59. The minimum atomic E-state index is -0.119. The molecule has 0 aliphatic carbocycles. The maximum absolute atomic E-state index is 12.0. The molecule has 1 amide bonds. The van der Waals surface area contributed by atoms with E-state index < -0.39 is 0 Å². The Kier molecular flexibility index (Phi) is 6.32. The van der Waals surface area contributed by atoms with Crippen LogP contribution in [0.4, 0.5) is 0 Å². The van der Waals surface area contributed by atoms with Gasteiger partial charge in [0.2, 0.25) is 5.91 Å². The first kappa shape index (κ1) is 16.0. The van der Waals surface area contributed by atoms with Gasteiger partial charge in [-0.05, 0) is 37.0 Å². The van der Waals surface area contributed by atoms with Gasteiger partial charge < -0.3 is 10.4 Å². The molecule has 3 unspecified atom stereocenters. The molecule has 106 valence electrons. The molecule has 0 aliphatic rings. The van der Waals surface area contributed by atoms with E-state index >= 15 is 0 Å². The molecular weight excluding hydrogens is 262 g/mol. The van der Waals surface area contributed by atoms with Gasteiger partial charge in [0, 0.05) is 23.6 Å². The molecule has 0 bridgehead atoms. The molecule has 0 heterocycles. The molecule has 0 saturated heterocycles. The smallest absolute Gasteiger partial charge is 0.223 e. The van der Waals surface area contributed by atoms with Crippen molar-refractivity contribution in [3.8, 4) is 0 Å². The summed E-state index contributed by atoms with van der Waals surface area (Å²) in [5, 5.41) is 12.7. The van der Waals surface area contributed by atoms with Crippen molar-refractivity contribution in [3.63, 3.8) is 0 Å². The zero-order valence-electron chi connectivity index (χ0n) is 11.7. The van der Waals surface area contributed by atoms with E-state index in [9.17, 15) is 4.79 Å². The molecule has 1 rings (SSSR count). The largest absolute Gasteiger partial charge is 0.396 e. The van der Waals surface area contributed by atoms with E-state index in [1.807, 2.05) is 45.0 Å². The predicted octanol–water partition coefficient (Wildman–Crippen LogP) is 2.65. The number of carbonyl (C=O) groups is 1. The molecule has 4 heteroatoms. The predicted molar refractivity (Wildman–Crippen MR) is 78.2 cm³/mol. The van der Waals surface area contributed by atoms with Crippen LogP contribution in [0, 0.1) is 11.8 Å². The molecule has 2 N–H and O–H groups in total. The van der Waals surface area contributed by atoms with Crippen molar-refractivity contribution in [2.75, 3.05) is 6.61 Å². The second kappa shape index (κ2) is 7.51. The Labute approximate surface area is 120 Å². The van der Waals surface area contributed by atoms with Crippen LogP contribution in [-0.2, 0) is 11.2 Å². The molecule has 1 aromatic carbocycles. The van der Waals surface area contributed by atoms with E-state index in [1.54, 1.807) is 0 Å². The Balaban J connectivity index is 2.53. The highest BCUT2D eigenvalue weighted by Gasteiger charge is 2.18. The summed E-state index contributed by atoms with van der Waals surface area (Å²) in [6, 6.07) is 7.53. The number of nitrogens with one attached hydrogen (secondary N) is 1. The molecule has 1 aromatic rings. The Morgan fingerprint density at radius 3 is 2.63 bits per heavy atom. The van der Waals surface area contributed by atoms with Crippen molar-refractivity contribution >= 4 is 17.5 Å². The second-order valence-corrected chi connectivity index (χ2v) is 5.63. The lowest BCUT2D eigenvalue weighted by atomic mass is 9.98. The number of carbonyl (C=O) groups excluding carboxylic acids is 1. The first-order valence-corrected chi connectivity index (χ1v) is 6.97. The Hall–Kier alpha value is -1.06. The van der Waals surface area contributed by atoms with Crippen molar-refractivity contribution in [3.05, 3.63) is 34.9 Å². The standard InChI is InChI=1S/C15H22ClNO2/c1-10(7-13-5-4-6-14(16)8-13)15(19)17-12(3)11(2)9-18/h4-6,8,10-12,18H,7,9H2,1-3H3,(H,17,19). The number of aliphatic hydroxyl groups is 1. The van der Waals surface area contributed by atoms with Gasteiger partial charge in [-0.1, -0.05) is 37.6 Å². The molecule has 0 aliphatic heterocycles. The maximum atomic E-state index is 12.0. The lowest BCUT2D eigenvalue weighted by molar-refractivity contribution is -0.125. The molecule has 0 aromatic heterocycles. The third-order valence-corrected chi connectivity index (χ3v) is 3.63. The van der Waals surface area contributed by atoms with Gasteiger partial charge >= 0.3 is 0 Å². The Bertz CT molecular complexity index is 422. The van der Waals surface area contributed by atoms with Gasteiger partial charge in [-0.2, -0.15) is 0 Å². The number of hydrogen-bond acceptors (Lipinski definition) is 2. The number of benzene rings is 1. The summed E-state index contributed by atoms with van der Waals surface area (Å²) in [6.45, 7) is 5.79. The third-order valence-electron chi connectivity index (χ3n) is 3.39. The summed E-state index contributed by atoms with van der Waals surface area (Å²) in [6.07, 6.45) is 0.659. The average molecular weight is 284 g/mol. The average Bonchev–Trinajstić information content (AvgIpc) is 2.37. The molecule has 19 heavy (non-hydrogen) atoms. The zero-order valence-corrected chi connectivity index (χ0v) is 12.4. The second-order valence-electron chi connectivity index (χ2n) is 5.19. The van der Waals surface area contributed by atoms with Crippen LogP contribution in [0.15, 0.2) is 24.3 Å². The van der Waals surface area contributed by atoms with E-state index in [-0.39, 0.29) is 30.4 Å². The fourth-order valence-corrected chi connectivity index (χ4v) is 1.99. The molecule has 3 atom stereocenters. The van der Waals surface area contributed by atoms with Gasteiger partial charge in [0.05, 0.1) is 0 Å². The van der Waals surface area contributed by atoms with E-state index in [4.69, 9.17) is 16.7 Å². The van der Waals surface area contributed by atoms with Crippen LogP contribution >= 0.6 is 11.6 Å². The monoisotopic (exact) mass is 283 g/mol. The van der Waals surface area contributed by atoms with Crippen molar-refractivity contribution in [1.29, 1.82) is 0 Å². The van der Waals surface area contributed by atoms with E-state index in [2.05, 4.69) is 5.32 Å². The number of rotatable bonds is 6.